The molecule has 3 rings (SSSR count). The first-order chi connectivity index (χ1) is 15.3. The Morgan fingerprint density at radius 2 is 1.53 bits per heavy atom. The Balaban J connectivity index is 1.90. The predicted octanol–water partition coefficient (Wildman–Crippen LogP) is 1.56. The van der Waals surface area contributed by atoms with Crippen molar-refractivity contribution in [2.45, 2.75) is 19.4 Å². The van der Waals surface area contributed by atoms with Crippen molar-refractivity contribution < 1.29 is 9.56 Å². The molecule has 0 bridgehead atoms. The lowest BCUT2D eigenvalue weighted by atomic mass is 10.1. The molecule has 2 aromatic carbocycles. The summed E-state index contributed by atoms with van der Waals surface area (Å²) in [6, 6.07) is 19.6. The molecule has 0 atom stereocenters. The summed E-state index contributed by atoms with van der Waals surface area (Å²) in [5, 5.41) is 1.24. The van der Waals surface area contributed by atoms with Gasteiger partial charge in [-0.3, -0.25) is 16.5 Å². The van der Waals surface area contributed by atoms with Crippen molar-refractivity contribution in [2.75, 3.05) is 44.5 Å². The molecule has 0 fully saturated rings. The van der Waals surface area contributed by atoms with Crippen LogP contribution in [0.3, 0.4) is 0 Å². The maximum Gasteiger partial charge on any atom is 0.338 e. The number of hydrogen-bond donors (Lipinski definition) is 3. The lowest BCUT2D eigenvalue weighted by Crippen LogP contribution is -2.78. The minimum Gasteiger partial charge on any atom is -0.378 e. The number of rotatable bonds is 9. The first-order valence-corrected chi connectivity index (χ1v) is 11.1. The van der Waals surface area contributed by atoms with Gasteiger partial charge in [0.15, 0.2) is 0 Å². The van der Waals surface area contributed by atoms with Gasteiger partial charge in [-0.05, 0) is 48.4 Å². The number of hydrogen-bond acceptors (Lipinski definition) is 2. The molecule has 0 aliphatic carbocycles. The predicted molar refractivity (Wildman–Crippen MR) is 137 cm³/mol. The highest BCUT2D eigenvalue weighted by Gasteiger charge is 2.14. The topological polar surface area (TPSA) is 76.4 Å². The first kappa shape index (κ1) is 23.1. The van der Waals surface area contributed by atoms with E-state index in [9.17, 15) is 0 Å². The summed E-state index contributed by atoms with van der Waals surface area (Å²) in [4.78, 5) is 7.24. The fourth-order valence-electron chi connectivity index (χ4n) is 3.69. The van der Waals surface area contributed by atoms with Gasteiger partial charge in [0.2, 0.25) is 11.2 Å². The Hall–Kier alpha value is -3.54. The molecule has 6 heteroatoms. The van der Waals surface area contributed by atoms with E-state index in [0.29, 0.717) is 0 Å². The fourth-order valence-corrected chi connectivity index (χ4v) is 3.69. The zero-order valence-corrected chi connectivity index (χ0v) is 19.7. The van der Waals surface area contributed by atoms with Gasteiger partial charge >= 0.3 is 5.96 Å². The number of unbranched alkanes of at least 4 members (excludes halogenated alkanes) is 1. The van der Waals surface area contributed by atoms with Crippen LogP contribution in [0, 0.1) is 0 Å². The highest BCUT2D eigenvalue weighted by molar-refractivity contribution is 5.81. The van der Waals surface area contributed by atoms with Gasteiger partial charge in [-0.2, -0.15) is 4.57 Å². The number of aromatic nitrogens is 1. The molecule has 1 heterocycles. The Morgan fingerprint density at radius 3 is 2.19 bits per heavy atom. The van der Waals surface area contributed by atoms with Gasteiger partial charge < -0.3 is 9.80 Å². The van der Waals surface area contributed by atoms with Crippen molar-refractivity contribution >= 4 is 40.4 Å². The molecule has 3 aromatic rings. The minimum absolute atomic E-state index is 0.280. The summed E-state index contributed by atoms with van der Waals surface area (Å²) in [7, 11) is 8.25. The monoisotopic (exact) mass is 432 g/mol. The summed E-state index contributed by atoms with van der Waals surface area (Å²) >= 11 is 0. The average Bonchev–Trinajstić information content (AvgIpc) is 2.77. The van der Waals surface area contributed by atoms with Crippen LogP contribution in [0.2, 0.25) is 0 Å². The van der Waals surface area contributed by atoms with Crippen LogP contribution >= 0.6 is 0 Å². The van der Waals surface area contributed by atoms with Crippen molar-refractivity contribution in [3.8, 4) is 0 Å². The number of anilines is 2. The van der Waals surface area contributed by atoms with Crippen molar-refractivity contribution in [1.82, 2.24) is 0 Å². The average molecular weight is 433 g/mol. The van der Waals surface area contributed by atoms with Crippen LogP contribution < -0.4 is 30.8 Å². The number of pyridine rings is 1. The quantitative estimate of drug-likeness (QED) is 0.208. The smallest absolute Gasteiger partial charge is 0.338 e. The maximum absolute atomic E-state index is 5.51. The van der Waals surface area contributed by atoms with E-state index in [1.54, 1.807) is 0 Å². The molecule has 1 aromatic heterocycles. The van der Waals surface area contributed by atoms with Crippen LogP contribution in [0.25, 0.3) is 23.1 Å². The molecule has 6 nitrogen and oxygen atoms in total. The molecule has 0 amide bonds. The number of benzene rings is 2. The second-order valence-corrected chi connectivity index (χ2v) is 8.46. The van der Waals surface area contributed by atoms with E-state index in [2.05, 4.69) is 114 Å². The Bertz CT molecular complexity index is 1090. The van der Waals surface area contributed by atoms with Gasteiger partial charge in [-0.1, -0.05) is 12.1 Å². The Labute approximate surface area is 191 Å². The molecule has 5 N–H and O–H groups in total. The standard InChI is InChI=1S/C26H35N6/c1-30(2)22-11-7-20(8-12-22)9-13-23-14-10-21-19-24(31(3)4)15-16-25(21)32(23)18-6-5-17-29-26(27)28/h7-16,19H,5-6,17-18H2,1-4H3,(H4,27,28,29)/q+1/p+1. The number of aryl methyl sites for hydroxylation is 1. The van der Waals surface area contributed by atoms with Crippen LogP contribution in [0.4, 0.5) is 11.4 Å². The second-order valence-electron chi connectivity index (χ2n) is 8.46. The molecular weight excluding hydrogens is 396 g/mol. The summed E-state index contributed by atoms with van der Waals surface area (Å²) in [6.07, 6.45) is 6.40. The summed E-state index contributed by atoms with van der Waals surface area (Å²) < 4.78 is 2.40. The molecule has 0 aliphatic heterocycles. The van der Waals surface area contributed by atoms with Gasteiger partial charge in [-0.15, -0.1) is 0 Å². The number of nitrogens with one attached hydrogen (secondary N) is 1. The Kier molecular flexibility index (Phi) is 7.71. The van der Waals surface area contributed by atoms with E-state index in [0.717, 1.165) is 25.9 Å². The van der Waals surface area contributed by atoms with Crippen LogP contribution in [0.15, 0.2) is 54.6 Å². The molecule has 0 aliphatic rings. The van der Waals surface area contributed by atoms with E-state index >= 15 is 0 Å². The molecule has 168 valence electrons. The number of nitrogens with zero attached hydrogens (tertiary/aromatic N) is 3. The lowest BCUT2D eigenvalue weighted by molar-refractivity contribution is -0.674. The largest absolute Gasteiger partial charge is 0.378 e. The van der Waals surface area contributed by atoms with Crippen LogP contribution in [0.5, 0.6) is 0 Å². The van der Waals surface area contributed by atoms with E-state index < -0.39 is 0 Å². The van der Waals surface area contributed by atoms with Gasteiger partial charge in [0.05, 0.1) is 6.54 Å². The Morgan fingerprint density at radius 1 is 0.844 bits per heavy atom. The third-order valence-electron chi connectivity index (χ3n) is 5.56. The minimum atomic E-state index is 0.280. The third kappa shape index (κ3) is 6.00. The summed E-state index contributed by atoms with van der Waals surface area (Å²) in [5.74, 6) is 0.280. The van der Waals surface area contributed by atoms with E-state index in [1.807, 2.05) is 0 Å². The molecule has 32 heavy (non-hydrogen) atoms. The lowest BCUT2D eigenvalue weighted by Gasteiger charge is -2.13. The molecule has 0 unspecified atom stereocenters. The molecule has 0 spiro atoms. The van der Waals surface area contributed by atoms with Gasteiger partial charge in [0.25, 0.3) is 0 Å². The number of fused-ring (bicyclic) bond motifs is 1. The molecular formula is C26H36N6+2. The van der Waals surface area contributed by atoms with Crippen molar-refractivity contribution in [1.29, 1.82) is 0 Å². The van der Waals surface area contributed by atoms with Crippen molar-refractivity contribution in [2.24, 2.45) is 11.5 Å². The highest BCUT2D eigenvalue weighted by atomic mass is 15.1. The molecule has 0 radical (unpaired) electrons. The fraction of sp³-hybridized carbons (Fsp3) is 0.308. The SMILES string of the molecule is CN(C)c1ccc(C=Cc2ccc3cc(N(C)C)ccc3[n+]2CCCC[NH+]=C(N)N)cc1. The van der Waals surface area contributed by atoms with E-state index in [-0.39, 0.29) is 5.96 Å². The van der Waals surface area contributed by atoms with E-state index in [1.165, 1.54) is 33.5 Å². The van der Waals surface area contributed by atoms with Crippen molar-refractivity contribution in [3.05, 3.63) is 65.9 Å². The summed E-state index contributed by atoms with van der Waals surface area (Å²) in [5.41, 5.74) is 17.0. The second kappa shape index (κ2) is 10.7. The zero-order valence-electron chi connectivity index (χ0n) is 19.7. The van der Waals surface area contributed by atoms with Crippen LogP contribution in [-0.4, -0.2) is 40.7 Å². The molecule has 0 saturated carbocycles. The van der Waals surface area contributed by atoms with E-state index in [4.69, 9.17) is 11.5 Å². The van der Waals surface area contributed by atoms with Crippen LogP contribution in [0.1, 0.15) is 24.1 Å². The van der Waals surface area contributed by atoms with Gasteiger partial charge in [-0.25, -0.2) is 0 Å². The van der Waals surface area contributed by atoms with Gasteiger partial charge in [0, 0.05) is 69.6 Å². The number of guanidine groups is 1. The first-order valence-electron chi connectivity index (χ1n) is 11.1. The maximum atomic E-state index is 5.51. The number of nitrogens with two attached hydrogens (primary N) is 2. The highest BCUT2D eigenvalue weighted by Crippen LogP contribution is 2.20. The molecule has 0 saturated heterocycles. The summed E-state index contributed by atoms with van der Waals surface area (Å²) in [6.45, 7) is 1.70. The van der Waals surface area contributed by atoms with Gasteiger partial charge in [0.1, 0.15) is 6.54 Å². The van der Waals surface area contributed by atoms with Crippen molar-refractivity contribution in [3.63, 3.8) is 0 Å². The van der Waals surface area contributed by atoms with Crippen LogP contribution in [-0.2, 0) is 6.54 Å². The zero-order chi connectivity index (χ0) is 23.1. The normalized spacial score (nSPS) is 11.1. The third-order valence-corrected chi connectivity index (χ3v) is 5.56.